The molecule has 0 saturated heterocycles. The van der Waals surface area contributed by atoms with E-state index in [9.17, 15) is 9.90 Å². The minimum absolute atomic E-state index is 0.0513. The lowest BCUT2D eigenvalue weighted by molar-refractivity contribution is 0.0699. The molecule has 3 aromatic carbocycles. The lowest BCUT2D eigenvalue weighted by atomic mass is 9.98. The monoisotopic (exact) mass is 741 g/mol. The van der Waals surface area contributed by atoms with E-state index in [0.29, 0.717) is 52.6 Å². The van der Waals surface area contributed by atoms with Crippen molar-refractivity contribution in [3.8, 4) is 22.6 Å². The van der Waals surface area contributed by atoms with Crippen molar-refractivity contribution in [3.05, 3.63) is 91.8 Å². The number of carboxylic acids is 1. The SMILES string of the molecule is COc1ccc2c(c1)c(C(=O)O)c(N1C[C@@H](C)n3c(c(CCCOc4cc(C)c(Cl)c(C)c4)c4ccc(Cl)c(-c5c(C)nn(C)c5C)c43)C1=O)n2C. The van der Waals surface area contributed by atoms with E-state index in [1.165, 1.54) is 0 Å². The molecule has 1 N–H and O–H groups in total. The summed E-state index contributed by atoms with van der Waals surface area (Å²) in [5.41, 5.74) is 8.41. The van der Waals surface area contributed by atoms with Crippen LogP contribution in [-0.2, 0) is 20.5 Å². The largest absolute Gasteiger partial charge is 0.497 e. The fraction of sp³-hybridized carbons (Fsp3) is 0.325. The van der Waals surface area contributed by atoms with Crippen LogP contribution in [0.2, 0.25) is 10.0 Å². The normalized spacial score (nSPS) is 14.5. The first-order valence-electron chi connectivity index (χ1n) is 17.2. The smallest absolute Gasteiger partial charge is 0.340 e. The van der Waals surface area contributed by atoms with Crippen molar-refractivity contribution >= 4 is 62.7 Å². The van der Waals surface area contributed by atoms with Crippen LogP contribution in [0.15, 0.2) is 42.5 Å². The van der Waals surface area contributed by atoms with E-state index in [4.69, 9.17) is 37.8 Å². The first kappa shape index (κ1) is 35.5. The Morgan fingerprint density at radius 2 is 1.69 bits per heavy atom. The molecule has 0 saturated carbocycles. The van der Waals surface area contributed by atoms with Crippen LogP contribution in [-0.4, -0.2) is 56.2 Å². The number of amides is 1. The lowest BCUT2D eigenvalue weighted by Gasteiger charge is -2.34. The number of aryl methyl sites for hydroxylation is 6. The molecule has 270 valence electrons. The molecule has 1 amide bonds. The molecule has 52 heavy (non-hydrogen) atoms. The Kier molecular flexibility index (Phi) is 9.03. The predicted molar refractivity (Wildman–Crippen MR) is 206 cm³/mol. The summed E-state index contributed by atoms with van der Waals surface area (Å²) in [5.74, 6) is 0.191. The predicted octanol–water partition coefficient (Wildman–Crippen LogP) is 9.01. The van der Waals surface area contributed by atoms with Crippen molar-refractivity contribution in [1.82, 2.24) is 18.9 Å². The van der Waals surface area contributed by atoms with Crippen molar-refractivity contribution in [3.63, 3.8) is 0 Å². The van der Waals surface area contributed by atoms with Crippen molar-refractivity contribution in [2.75, 3.05) is 25.2 Å². The highest BCUT2D eigenvalue weighted by atomic mass is 35.5. The molecule has 1 atom stereocenters. The number of carbonyl (C=O) groups is 2. The Balaban J connectivity index is 1.40. The maximum Gasteiger partial charge on any atom is 0.340 e. The summed E-state index contributed by atoms with van der Waals surface area (Å²) in [7, 11) is 5.24. The first-order valence-corrected chi connectivity index (χ1v) is 18.0. The summed E-state index contributed by atoms with van der Waals surface area (Å²) in [6, 6.07) is 12.8. The van der Waals surface area contributed by atoms with Gasteiger partial charge in [0.15, 0.2) is 0 Å². The molecule has 3 aromatic heterocycles. The van der Waals surface area contributed by atoms with Gasteiger partial charge in [0.2, 0.25) is 0 Å². The van der Waals surface area contributed by atoms with E-state index in [-0.39, 0.29) is 24.1 Å². The van der Waals surface area contributed by atoms with Gasteiger partial charge in [0, 0.05) is 59.3 Å². The van der Waals surface area contributed by atoms with Crippen molar-refractivity contribution in [2.45, 2.75) is 53.5 Å². The van der Waals surface area contributed by atoms with Gasteiger partial charge in [-0.2, -0.15) is 5.10 Å². The van der Waals surface area contributed by atoms with Gasteiger partial charge < -0.3 is 23.7 Å². The maximum atomic E-state index is 15.1. The number of ether oxygens (including phenoxy) is 2. The summed E-state index contributed by atoms with van der Waals surface area (Å²) < 4.78 is 17.4. The van der Waals surface area contributed by atoms with Crippen LogP contribution in [0.4, 0.5) is 5.82 Å². The van der Waals surface area contributed by atoms with Crippen molar-refractivity contribution in [1.29, 1.82) is 0 Å². The fourth-order valence-electron chi connectivity index (χ4n) is 7.98. The van der Waals surface area contributed by atoms with Crippen LogP contribution >= 0.6 is 23.2 Å². The molecule has 0 fully saturated rings. The van der Waals surface area contributed by atoms with E-state index in [2.05, 4.69) is 11.5 Å². The number of anilines is 1. The Hall–Kier alpha value is -4.93. The Morgan fingerprint density at radius 3 is 2.33 bits per heavy atom. The minimum atomic E-state index is -1.12. The molecule has 4 heterocycles. The summed E-state index contributed by atoms with van der Waals surface area (Å²) in [6.07, 6.45) is 1.15. The van der Waals surface area contributed by atoms with Gasteiger partial charge in [0.05, 0.1) is 35.5 Å². The first-order chi connectivity index (χ1) is 24.7. The minimum Gasteiger partial charge on any atom is -0.497 e. The summed E-state index contributed by atoms with van der Waals surface area (Å²) >= 11 is 13.5. The Bertz CT molecular complexity index is 2430. The number of aromatic nitrogens is 4. The third-order valence-electron chi connectivity index (χ3n) is 10.4. The van der Waals surface area contributed by atoms with Gasteiger partial charge in [-0.3, -0.25) is 14.4 Å². The van der Waals surface area contributed by atoms with Crippen LogP contribution in [0.25, 0.3) is 32.9 Å². The number of halogens is 2. The zero-order valence-electron chi connectivity index (χ0n) is 30.5. The number of hydrogen-bond donors (Lipinski definition) is 1. The molecule has 10 nitrogen and oxygen atoms in total. The second-order valence-corrected chi connectivity index (χ2v) is 14.5. The summed E-state index contributed by atoms with van der Waals surface area (Å²) in [5, 5.41) is 18.0. The van der Waals surface area contributed by atoms with E-state index in [1.54, 1.807) is 35.8 Å². The zero-order valence-corrected chi connectivity index (χ0v) is 32.0. The quantitative estimate of drug-likeness (QED) is 0.148. The molecular formula is C40H41Cl2N5O5. The second kappa shape index (κ2) is 13.2. The molecule has 6 aromatic rings. The van der Waals surface area contributed by atoms with Crippen molar-refractivity contribution in [2.24, 2.45) is 14.1 Å². The molecule has 1 aliphatic heterocycles. The van der Waals surface area contributed by atoms with Gasteiger partial charge in [-0.15, -0.1) is 0 Å². The topological polar surface area (TPSA) is 104 Å². The maximum absolute atomic E-state index is 15.1. The number of nitrogens with zero attached hydrogens (tertiary/aromatic N) is 5. The number of aromatic carboxylic acids is 1. The number of rotatable bonds is 9. The number of carboxylic acid groups (broad SMARTS) is 1. The number of methoxy groups -OCH3 is 1. The standard InChI is InChI=1S/C40H41Cl2N5O5/c1-20-16-26(17-21(2)35(20)42)52-15-9-10-27-28-12-13-30(41)34(32-23(4)43-45(7)24(32)5)36(28)47-22(3)19-46(39(48)37(27)47)38-33(40(49)50)29-18-25(51-8)11-14-31(29)44(38)6/h11-14,16-18,22H,9-10,15,19H2,1-8H3,(H,49,50)/t22-/m1/s1. The van der Waals surface area contributed by atoms with E-state index in [1.807, 2.05) is 69.8 Å². The third-order valence-corrected chi connectivity index (χ3v) is 11.3. The molecule has 12 heteroatoms. The summed E-state index contributed by atoms with van der Waals surface area (Å²) in [6.45, 7) is 10.6. The van der Waals surface area contributed by atoms with E-state index >= 15 is 4.79 Å². The van der Waals surface area contributed by atoms with Gasteiger partial charge in [-0.25, -0.2) is 4.79 Å². The Morgan fingerprint density at radius 1 is 0.981 bits per heavy atom. The van der Waals surface area contributed by atoms with Gasteiger partial charge in [0.1, 0.15) is 28.6 Å². The average Bonchev–Trinajstić information content (AvgIpc) is 3.69. The zero-order chi connectivity index (χ0) is 37.3. The van der Waals surface area contributed by atoms with E-state index in [0.717, 1.165) is 60.9 Å². The molecule has 1 aliphatic rings. The highest BCUT2D eigenvalue weighted by molar-refractivity contribution is 6.35. The number of carbonyl (C=O) groups excluding carboxylic acids is 1. The van der Waals surface area contributed by atoms with Crippen molar-refractivity contribution < 1.29 is 24.2 Å². The number of benzene rings is 3. The average molecular weight is 743 g/mol. The number of hydrogen-bond acceptors (Lipinski definition) is 5. The van der Waals surface area contributed by atoms with Crippen LogP contribution < -0.4 is 14.4 Å². The molecular weight excluding hydrogens is 701 g/mol. The lowest BCUT2D eigenvalue weighted by Crippen LogP contribution is -2.44. The Labute approximate surface area is 312 Å². The molecule has 0 aliphatic carbocycles. The second-order valence-electron chi connectivity index (χ2n) is 13.7. The highest BCUT2D eigenvalue weighted by Gasteiger charge is 2.39. The van der Waals surface area contributed by atoms with Gasteiger partial charge in [-0.1, -0.05) is 29.3 Å². The molecule has 0 unspecified atom stereocenters. The molecule has 0 radical (unpaired) electrons. The third kappa shape index (κ3) is 5.51. The highest BCUT2D eigenvalue weighted by Crippen LogP contribution is 2.46. The molecule has 7 rings (SSSR count). The molecule has 0 spiro atoms. The van der Waals surface area contributed by atoms with Crippen LogP contribution in [0, 0.1) is 27.7 Å². The van der Waals surface area contributed by atoms with E-state index < -0.39 is 5.97 Å². The van der Waals surface area contributed by atoms with Crippen LogP contribution in [0.5, 0.6) is 11.5 Å². The van der Waals surface area contributed by atoms with Crippen LogP contribution in [0.3, 0.4) is 0 Å². The van der Waals surface area contributed by atoms with Crippen LogP contribution in [0.1, 0.15) is 68.3 Å². The summed E-state index contributed by atoms with van der Waals surface area (Å²) in [4.78, 5) is 29.7. The van der Waals surface area contributed by atoms with Gasteiger partial charge in [-0.05, 0) is 101 Å². The molecule has 0 bridgehead atoms. The fourth-order valence-corrected chi connectivity index (χ4v) is 8.33. The van der Waals surface area contributed by atoms with Gasteiger partial charge in [0.25, 0.3) is 5.91 Å². The van der Waals surface area contributed by atoms with Gasteiger partial charge >= 0.3 is 5.97 Å². The number of fused-ring (bicyclic) bond motifs is 4.